The van der Waals surface area contributed by atoms with Crippen LogP contribution in [0.1, 0.15) is 19.8 Å². The van der Waals surface area contributed by atoms with Gasteiger partial charge in [-0.2, -0.15) is 0 Å². The molecule has 0 aliphatic rings. The number of carboxylic acid groups (broad SMARTS) is 1. The van der Waals surface area contributed by atoms with Gasteiger partial charge in [0.15, 0.2) is 0 Å². The number of nitrogens with zero attached hydrogens (tertiary/aromatic N) is 1. The van der Waals surface area contributed by atoms with Crippen LogP contribution in [0, 0.1) is 5.92 Å². The molecule has 0 fully saturated rings. The molecule has 1 unspecified atom stereocenters. The maximum absolute atomic E-state index is 12.2. The van der Waals surface area contributed by atoms with E-state index in [-0.39, 0.29) is 24.8 Å². The van der Waals surface area contributed by atoms with Gasteiger partial charge >= 0.3 is 5.97 Å². The summed E-state index contributed by atoms with van der Waals surface area (Å²) in [7, 11) is 0. The number of nitrogens with two attached hydrogens (primary N) is 1. The van der Waals surface area contributed by atoms with Crippen LogP contribution in [-0.2, 0) is 9.59 Å². The second-order valence-electron chi connectivity index (χ2n) is 4.73. The molecule has 5 nitrogen and oxygen atoms in total. The van der Waals surface area contributed by atoms with Gasteiger partial charge in [0, 0.05) is 17.1 Å². The van der Waals surface area contributed by atoms with Crippen molar-refractivity contribution in [3.8, 4) is 0 Å². The first-order valence-electron chi connectivity index (χ1n) is 6.41. The Bertz CT molecular complexity index is 479. The smallest absolute Gasteiger partial charge is 0.323 e. The standard InChI is InChI=1S/C14H19ClN2O3/c1-10(8-16)5-6-13(18)17(9-14(19)20)12-4-2-3-11(15)7-12/h2-4,7,10H,5-6,8-9,16H2,1H3,(H,19,20). The minimum atomic E-state index is -1.06. The highest BCUT2D eigenvalue weighted by molar-refractivity contribution is 6.30. The number of carboxylic acids is 1. The van der Waals surface area contributed by atoms with E-state index in [0.29, 0.717) is 23.7 Å². The minimum Gasteiger partial charge on any atom is -0.480 e. The molecule has 20 heavy (non-hydrogen) atoms. The van der Waals surface area contributed by atoms with Crippen molar-refractivity contribution in [2.24, 2.45) is 11.7 Å². The highest BCUT2D eigenvalue weighted by atomic mass is 35.5. The molecule has 6 heteroatoms. The van der Waals surface area contributed by atoms with Crippen LogP contribution in [0.4, 0.5) is 5.69 Å². The molecule has 0 saturated carbocycles. The molecule has 0 spiro atoms. The summed E-state index contributed by atoms with van der Waals surface area (Å²) in [6, 6.07) is 6.60. The fourth-order valence-corrected chi connectivity index (χ4v) is 1.91. The van der Waals surface area contributed by atoms with E-state index in [0.717, 1.165) is 0 Å². The molecular formula is C14H19ClN2O3. The summed E-state index contributed by atoms with van der Waals surface area (Å²) in [5.74, 6) is -1.08. The molecule has 0 aliphatic carbocycles. The lowest BCUT2D eigenvalue weighted by Crippen LogP contribution is -2.36. The van der Waals surface area contributed by atoms with E-state index in [4.69, 9.17) is 22.4 Å². The lowest BCUT2D eigenvalue weighted by Gasteiger charge is -2.21. The molecule has 0 heterocycles. The Balaban J connectivity index is 2.83. The third kappa shape index (κ3) is 5.19. The van der Waals surface area contributed by atoms with Crippen LogP contribution in [0.2, 0.25) is 5.02 Å². The molecule has 1 aromatic carbocycles. The summed E-state index contributed by atoms with van der Waals surface area (Å²) in [5.41, 5.74) is 6.00. The van der Waals surface area contributed by atoms with Crippen LogP contribution in [0.3, 0.4) is 0 Å². The van der Waals surface area contributed by atoms with Crippen molar-refractivity contribution >= 4 is 29.2 Å². The average Bonchev–Trinajstić information content (AvgIpc) is 2.41. The van der Waals surface area contributed by atoms with Crippen molar-refractivity contribution in [3.63, 3.8) is 0 Å². The molecule has 0 aliphatic heterocycles. The zero-order valence-corrected chi connectivity index (χ0v) is 12.1. The number of hydrogen-bond donors (Lipinski definition) is 2. The maximum Gasteiger partial charge on any atom is 0.323 e. The third-order valence-corrected chi connectivity index (χ3v) is 3.20. The predicted molar refractivity (Wildman–Crippen MR) is 78.9 cm³/mol. The molecule has 1 atom stereocenters. The van der Waals surface area contributed by atoms with Gasteiger partial charge in [0.1, 0.15) is 6.54 Å². The van der Waals surface area contributed by atoms with E-state index < -0.39 is 5.97 Å². The van der Waals surface area contributed by atoms with E-state index in [1.807, 2.05) is 6.92 Å². The van der Waals surface area contributed by atoms with E-state index in [1.165, 1.54) is 4.90 Å². The Kier molecular flexibility index (Phi) is 6.48. The van der Waals surface area contributed by atoms with Crippen LogP contribution in [0.15, 0.2) is 24.3 Å². The minimum absolute atomic E-state index is 0.227. The van der Waals surface area contributed by atoms with Crippen molar-refractivity contribution in [2.45, 2.75) is 19.8 Å². The van der Waals surface area contributed by atoms with Gasteiger partial charge in [0.2, 0.25) is 5.91 Å². The number of amides is 1. The lowest BCUT2D eigenvalue weighted by atomic mass is 10.1. The quantitative estimate of drug-likeness (QED) is 0.808. The van der Waals surface area contributed by atoms with Gasteiger partial charge < -0.3 is 15.7 Å². The summed E-state index contributed by atoms with van der Waals surface area (Å²) in [6.45, 7) is 2.08. The van der Waals surface area contributed by atoms with Gasteiger partial charge in [-0.05, 0) is 37.1 Å². The number of carbonyl (C=O) groups is 2. The summed E-state index contributed by atoms with van der Waals surface area (Å²) >= 11 is 5.88. The van der Waals surface area contributed by atoms with Crippen molar-refractivity contribution in [1.29, 1.82) is 0 Å². The first-order valence-corrected chi connectivity index (χ1v) is 6.79. The fraction of sp³-hybridized carbons (Fsp3) is 0.429. The number of benzene rings is 1. The molecule has 1 aromatic rings. The topological polar surface area (TPSA) is 83.6 Å². The van der Waals surface area contributed by atoms with Gasteiger partial charge in [-0.3, -0.25) is 9.59 Å². The van der Waals surface area contributed by atoms with E-state index in [1.54, 1.807) is 24.3 Å². The van der Waals surface area contributed by atoms with Crippen molar-refractivity contribution in [3.05, 3.63) is 29.3 Å². The van der Waals surface area contributed by atoms with Crippen molar-refractivity contribution in [1.82, 2.24) is 0 Å². The number of aliphatic carboxylic acids is 1. The first kappa shape index (κ1) is 16.5. The van der Waals surface area contributed by atoms with Gasteiger partial charge in [0.05, 0.1) is 0 Å². The molecular weight excluding hydrogens is 280 g/mol. The summed E-state index contributed by atoms with van der Waals surface area (Å²) in [5, 5.41) is 9.40. The monoisotopic (exact) mass is 298 g/mol. The SMILES string of the molecule is CC(CN)CCC(=O)N(CC(=O)O)c1cccc(Cl)c1. The normalized spacial score (nSPS) is 11.9. The van der Waals surface area contributed by atoms with Crippen LogP contribution >= 0.6 is 11.6 Å². The zero-order valence-electron chi connectivity index (χ0n) is 11.4. The summed E-state index contributed by atoms with van der Waals surface area (Å²) < 4.78 is 0. The first-order chi connectivity index (χ1) is 9.43. The Labute approximate surface area is 123 Å². The van der Waals surface area contributed by atoms with Crippen LogP contribution in [-0.4, -0.2) is 30.1 Å². The Morgan fingerprint density at radius 2 is 2.15 bits per heavy atom. The number of carbonyl (C=O) groups excluding carboxylic acids is 1. The second-order valence-corrected chi connectivity index (χ2v) is 5.17. The van der Waals surface area contributed by atoms with E-state index in [2.05, 4.69) is 0 Å². The average molecular weight is 299 g/mol. The number of anilines is 1. The second kappa shape index (κ2) is 7.87. The largest absolute Gasteiger partial charge is 0.480 e. The highest BCUT2D eigenvalue weighted by Gasteiger charge is 2.19. The number of rotatable bonds is 7. The van der Waals surface area contributed by atoms with E-state index >= 15 is 0 Å². The van der Waals surface area contributed by atoms with Crippen LogP contribution in [0.5, 0.6) is 0 Å². The lowest BCUT2D eigenvalue weighted by molar-refractivity contribution is -0.136. The van der Waals surface area contributed by atoms with Crippen LogP contribution < -0.4 is 10.6 Å². The third-order valence-electron chi connectivity index (χ3n) is 2.97. The molecule has 3 N–H and O–H groups in total. The van der Waals surface area contributed by atoms with Crippen molar-refractivity contribution in [2.75, 3.05) is 18.0 Å². The zero-order chi connectivity index (χ0) is 15.1. The van der Waals surface area contributed by atoms with Gasteiger partial charge in [0.25, 0.3) is 0 Å². The predicted octanol–water partition coefficient (Wildman–Crippen LogP) is 2.13. The summed E-state index contributed by atoms with van der Waals surface area (Å²) in [4.78, 5) is 24.3. The van der Waals surface area contributed by atoms with E-state index in [9.17, 15) is 9.59 Å². The molecule has 0 bridgehead atoms. The fourth-order valence-electron chi connectivity index (χ4n) is 1.73. The van der Waals surface area contributed by atoms with Crippen LogP contribution in [0.25, 0.3) is 0 Å². The molecule has 1 rings (SSSR count). The molecule has 1 amide bonds. The molecule has 0 aromatic heterocycles. The Morgan fingerprint density at radius 1 is 1.45 bits per heavy atom. The number of halogens is 1. The highest BCUT2D eigenvalue weighted by Crippen LogP contribution is 2.21. The molecule has 0 radical (unpaired) electrons. The molecule has 0 saturated heterocycles. The number of hydrogen-bond acceptors (Lipinski definition) is 3. The van der Waals surface area contributed by atoms with Gasteiger partial charge in [-0.25, -0.2) is 0 Å². The summed E-state index contributed by atoms with van der Waals surface area (Å²) in [6.07, 6.45) is 0.893. The van der Waals surface area contributed by atoms with Gasteiger partial charge in [-0.15, -0.1) is 0 Å². The Morgan fingerprint density at radius 3 is 2.70 bits per heavy atom. The van der Waals surface area contributed by atoms with Crippen molar-refractivity contribution < 1.29 is 14.7 Å². The maximum atomic E-state index is 12.2. The molecule has 110 valence electrons. The van der Waals surface area contributed by atoms with Gasteiger partial charge in [-0.1, -0.05) is 24.6 Å². The Hall–Kier alpha value is -1.59.